The first-order valence-corrected chi connectivity index (χ1v) is 9.88. The Labute approximate surface area is 175 Å². The first-order valence-electron chi connectivity index (χ1n) is 9.88. The average Bonchev–Trinajstić information content (AvgIpc) is 2.75. The number of aliphatic carboxylic acids is 3. The Morgan fingerprint density at radius 1 is 0.867 bits per heavy atom. The highest BCUT2D eigenvalue weighted by molar-refractivity contribution is 5.75. The van der Waals surface area contributed by atoms with E-state index in [1.807, 2.05) is 6.92 Å². The van der Waals surface area contributed by atoms with Gasteiger partial charge in [0.05, 0.1) is 19.7 Å². The summed E-state index contributed by atoms with van der Waals surface area (Å²) in [5, 5.41) is 28.2. The number of ether oxygens (including phenoxy) is 1. The number of carbonyl (C=O) groups is 3. The molecule has 1 fully saturated rings. The molecule has 0 amide bonds. The van der Waals surface area contributed by atoms with Gasteiger partial charge in [-0.05, 0) is 24.6 Å². The van der Waals surface area contributed by atoms with Crippen LogP contribution >= 0.6 is 0 Å². The lowest BCUT2D eigenvalue weighted by atomic mass is 10.0. The molecule has 1 saturated heterocycles. The van der Waals surface area contributed by atoms with E-state index in [1.54, 1.807) is 39.0 Å². The van der Waals surface area contributed by atoms with Gasteiger partial charge in [0, 0.05) is 39.3 Å². The molecule has 1 atom stereocenters. The third-order valence-electron chi connectivity index (χ3n) is 4.96. The second kappa shape index (κ2) is 11.5. The molecule has 0 radical (unpaired) electrons. The molecule has 10 nitrogen and oxygen atoms in total. The van der Waals surface area contributed by atoms with Crippen LogP contribution in [0, 0.1) is 0 Å². The summed E-state index contributed by atoms with van der Waals surface area (Å²) in [6.45, 7) is 4.22. The molecule has 0 saturated carbocycles. The molecule has 166 valence electrons. The molecule has 1 heterocycles. The Kier molecular flexibility index (Phi) is 9.03. The van der Waals surface area contributed by atoms with Crippen molar-refractivity contribution in [2.75, 3.05) is 59.0 Å². The van der Waals surface area contributed by atoms with Crippen molar-refractivity contribution in [1.29, 1.82) is 0 Å². The van der Waals surface area contributed by atoms with Crippen molar-refractivity contribution in [3.8, 4) is 5.75 Å². The number of carboxylic acids is 3. The number of nitrogens with zero attached hydrogens (tertiary/aromatic N) is 3. The van der Waals surface area contributed by atoms with E-state index in [-0.39, 0.29) is 13.1 Å². The molecule has 1 aliphatic heterocycles. The average molecular weight is 423 g/mol. The summed E-state index contributed by atoms with van der Waals surface area (Å²) >= 11 is 0. The van der Waals surface area contributed by atoms with E-state index in [0.717, 1.165) is 0 Å². The predicted molar refractivity (Wildman–Crippen MR) is 108 cm³/mol. The van der Waals surface area contributed by atoms with Gasteiger partial charge < -0.3 is 20.1 Å². The molecule has 1 aliphatic rings. The fraction of sp³-hybridized carbons (Fsp3) is 0.550. The van der Waals surface area contributed by atoms with Crippen LogP contribution < -0.4 is 4.74 Å². The van der Waals surface area contributed by atoms with Crippen molar-refractivity contribution in [3.05, 3.63) is 29.8 Å². The lowest BCUT2D eigenvalue weighted by Crippen LogP contribution is -2.42. The van der Waals surface area contributed by atoms with Crippen molar-refractivity contribution in [2.24, 2.45) is 0 Å². The highest BCUT2D eigenvalue weighted by atomic mass is 16.5. The molecule has 1 unspecified atom stereocenters. The van der Waals surface area contributed by atoms with Crippen LogP contribution in [0.25, 0.3) is 0 Å². The fourth-order valence-corrected chi connectivity index (χ4v) is 3.54. The minimum Gasteiger partial charge on any atom is -0.494 e. The number of hydrogen-bond acceptors (Lipinski definition) is 7. The predicted octanol–water partition coefficient (Wildman–Crippen LogP) is 0.300. The topological polar surface area (TPSA) is 131 Å². The molecule has 0 spiro atoms. The van der Waals surface area contributed by atoms with Gasteiger partial charge in [-0.25, -0.2) is 0 Å². The summed E-state index contributed by atoms with van der Waals surface area (Å²) in [4.78, 5) is 39.6. The zero-order valence-electron chi connectivity index (χ0n) is 17.1. The van der Waals surface area contributed by atoms with E-state index in [9.17, 15) is 19.5 Å². The molecular formula is C20H29N3O7. The molecule has 10 heteroatoms. The van der Waals surface area contributed by atoms with Crippen LogP contribution in [0.4, 0.5) is 0 Å². The maximum absolute atomic E-state index is 12.1. The Balaban J connectivity index is 2.24. The molecule has 2 rings (SSSR count). The molecule has 1 aromatic rings. The van der Waals surface area contributed by atoms with Gasteiger partial charge in [0.15, 0.2) is 0 Å². The Hall–Kier alpha value is -2.69. The van der Waals surface area contributed by atoms with Crippen molar-refractivity contribution < 1.29 is 34.4 Å². The summed E-state index contributed by atoms with van der Waals surface area (Å²) in [5.41, 5.74) is 0.583. The van der Waals surface area contributed by atoms with Gasteiger partial charge in [0.2, 0.25) is 0 Å². The highest BCUT2D eigenvalue weighted by Gasteiger charge is 2.29. The quantitative estimate of drug-likeness (QED) is 0.510. The first kappa shape index (κ1) is 23.6. The smallest absolute Gasteiger partial charge is 0.325 e. The standard InChI is InChI=1S/C20H29N3O7/c1-2-30-16-5-3-15(4-6-16)19(20(28)29)23-11-9-21(13-17(24)25)7-8-22(10-12-23)14-18(26)27/h3-6,19H,2,7-14H2,1H3,(H,24,25)(H,26,27)(H,28,29). The van der Waals surface area contributed by atoms with Gasteiger partial charge in [0.1, 0.15) is 11.8 Å². The van der Waals surface area contributed by atoms with Crippen LogP contribution in [0.15, 0.2) is 24.3 Å². The highest BCUT2D eigenvalue weighted by Crippen LogP contribution is 2.24. The van der Waals surface area contributed by atoms with Crippen LogP contribution in [0.3, 0.4) is 0 Å². The van der Waals surface area contributed by atoms with Crippen molar-refractivity contribution >= 4 is 17.9 Å². The molecule has 1 aromatic carbocycles. The maximum Gasteiger partial charge on any atom is 0.325 e. The monoisotopic (exact) mass is 423 g/mol. The number of hydrogen-bond donors (Lipinski definition) is 3. The van der Waals surface area contributed by atoms with Crippen LogP contribution in [-0.2, 0) is 14.4 Å². The maximum atomic E-state index is 12.1. The number of carboxylic acid groups (broad SMARTS) is 3. The Bertz CT molecular complexity index is 698. The van der Waals surface area contributed by atoms with E-state index in [2.05, 4.69) is 0 Å². The van der Waals surface area contributed by atoms with Gasteiger partial charge in [-0.15, -0.1) is 0 Å². The molecule has 30 heavy (non-hydrogen) atoms. The van der Waals surface area contributed by atoms with Crippen molar-refractivity contribution in [3.63, 3.8) is 0 Å². The first-order chi connectivity index (χ1) is 14.3. The fourth-order valence-electron chi connectivity index (χ4n) is 3.54. The molecule has 0 aliphatic carbocycles. The van der Waals surface area contributed by atoms with E-state index in [1.165, 1.54) is 0 Å². The molecule has 0 bridgehead atoms. The summed E-state index contributed by atoms with van der Waals surface area (Å²) in [6.07, 6.45) is 0. The van der Waals surface area contributed by atoms with Gasteiger partial charge in [-0.3, -0.25) is 29.1 Å². The lowest BCUT2D eigenvalue weighted by Gasteiger charge is -2.30. The zero-order chi connectivity index (χ0) is 22.1. The van der Waals surface area contributed by atoms with Crippen LogP contribution in [0.2, 0.25) is 0 Å². The van der Waals surface area contributed by atoms with E-state index in [0.29, 0.717) is 57.2 Å². The third kappa shape index (κ3) is 7.29. The molecule has 0 aromatic heterocycles. The summed E-state index contributed by atoms with van der Waals surface area (Å²) in [7, 11) is 0. The van der Waals surface area contributed by atoms with E-state index in [4.69, 9.17) is 14.9 Å². The normalized spacial score (nSPS) is 18.0. The second-order valence-corrected chi connectivity index (χ2v) is 7.12. The van der Waals surface area contributed by atoms with Crippen LogP contribution in [-0.4, -0.2) is 107 Å². The van der Waals surface area contributed by atoms with Crippen molar-refractivity contribution in [1.82, 2.24) is 14.7 Å². The summed E-state index contributed by atoms with van der Waals surface area (Å²) in [5.74, 6) is -2.33. The Morgan fingerprint density at radius 3 is 1.73 bits per heavy atom. The summed E-state index contributed by atoms with van der Waals surface area (Å²) in [6, 6.07) is 5.93. The third-order valence-corrected chi connectivity index (χ3v) is 4.96. The lowest BCUT2D eigenvalue weighted by molar-refractivity contribution is -0.144. The van der Waals surface area contributed by atoms with Gasteiger partial charge in [-0.2, -0.15) is 0 Å². The van der Waals surface area contributed by atoms with Crippen molar-refractivity contribution in [2.45, 2.75) is 13.0 Å². The minimum atomic E-state index is -1.02. The SMILES string of the molecule is CCOc1ccc(C(C(=O)O)N2CCN(CC(=O)O)CCN(CC(=O)O)CC2)cc1. The zero-order valence-corrected chi connectivity index (χ0v) is 17.1. The van der Waals surface area contributed by atoms with Gasteiger partial charge in [-0.1, -0.05) is 12.1 Å². The second-order valence-electron chi connectivity index (χ2n) is 7.12. The van der Waals surface area contributed by atoms with E-state index < -0.39 is 23.9 Å². The van der Waals surface area contributed by atoms with E-state index >= 15 is 0 Å². The van der Waals surface area contributed by atoms with Gasteiger partial charge >= 0.3 is 17.9 Å². The van der Waals surface area contributed by atoms with Gasteiger partial charge in [0.25, 0.3) is 0 Å². The summed E-state index contributed by atoms with van der Waals surface area (Å²) < 4.78 is 5.42. The largest absolute Gasteiger partial charge is 0.494 e. The molecule has 3 N–H and O–H groups in total. The van der Waals surface area contributed by atoms with Crippen LogP contribution in [0.5, 0.6) is 5.75 Å². The number of rotatable bonds is 9. The Morgan fingerprint density at radius 2 is 1.33 bits per heavy atom. The molecular weight excluding hydrogens is 394 g/mol. The minimum absolute atomic E-state index is 0.185. The number of benzene rings is 1. The van der Waals surface area contributed by atoms with Crippen LogP contribution in [0.1, 0.15) is 18.5 Å².